The van der Waals surface area contributed by atoms with Crippen LogP contribution in [-0.2, 0) is 11.3 Å². The van der Waals surface area contributed by atoms with Crippen molar-refractivity contribution in [2.75, 3.05) is 0 Å². The fourth-order valence-corrected chi connectivity index (χ4v) is 2.95. The minimum Gasteiger partial charge on any atom is -0.352 e. The van der Waals surface area contributed by atoms with Crippen LogP contribution in [0.5, 0.6) is 0 Å². The van der Waals surface area contributed by atoms with E-state index in [1.807, 2.05) is 6.07 Å². The van der Waals surface area contributed by atoms with Crippen LogP contribution in [0.1, 0.15) is 37.7 Å². The maximum atomic E-state index is 11.9. The second-order valence-electron chi connectivity index (χ2n) is 4.68. The van der Waals surface area contributed by atoms with Crippen LogP contribution in [0, 0.1) is 9.49 Å². The number of benzene rings is 1. The molecule has 1 fully saturated rings. The van der Waals surface area contributed by atoms with E-state index < -0.39 is 0 Å². The van der Waals surface area contributed by atoms with Crippen molar-refractivity contribution in [3.05, 3.63) is 33.4 Å². The van der Waals surface area contributed by atoms with Gasteiger partial charge in [-0.25, -0.2) is 0 Å². The van der Waals surface area contributed by atoms with Crippen molar-refractivity contribution in [3.63, 3.8) is 0 Å². The minimum absolute atomic E-state index is 0.239. The Morgan fingerprint density at radius 3 is 2.76 bits per heavy atom. The van der Waals surface area contributed by atoms with Crippen molar-refractivity contribution in [1.29, 1.82) is 0 Å². The van der Waals surface area contributed by atoms with E-state index in [0.29, 0.717) is 6.54 Å². The summed E-state index contributed by atoms with van der Waals surface area (Å²) in [4.78, 5) is 11.9. The van der Waals surface area contributed by atoms with Gasteiger partial charge in [-0.1, -0.05) is 31.4 Å². The Bertz CT molecular complexity index is 386. The Labute approximate surface area is 116 Å². The number of rotatable bonds is 3. The molecule has 0 atom stereocenters. The van der Waals surface area contributed by atoms with Gasteiger partial charge in [0.15, 0.2) is 0 Å². The summed E-state index contributed by atoms with van der Waals surface area (Å²) < 4.78 is 1.21. The maximum absolute atomic E-state index is 11.9. The first-order chi connectivity index (χ1) is 8.25. The maximum Gasteiger partial charge on any atom is 0.223 e. The van der Waals surface area contributed by atoms with E-state index in [1.54, 1.807) is 0 Å². The summed E-state index contributed by atoms with van der Waals surface area (Å²) in [7, 11) is 0. The lowest BCUT2D eigenvalue weighted by molar-refractivity contribution is -0.126. The van der Waals surface area contributed by atoms with Crippen LogP contribution in [0.25, 0.3) is 0 Å². The van der Waals surface area contributed by atoms with Gasteiger partial charge in [-0.3, -0.25) is 4.79 Å². The van der Waals surface area contributed by atoms with Crippen LogP contribution in [0.15, 0.2) is 24.3 Å². The Morgan fingerprint density at radius 1 is 1.29 bits per heavy atom. The summed E-state index contributed by atoms with van der Waals surface area (Å²) in [6.07, 6.45) is 5.85. The van der Waals surface area contributed by atoms with Crippen LogP contribution >= 0.6 is 22.6 Å². The van der Waals surface area contributed by atoms with Gasteiger partial charge in [-0.2, -0.15) is 0 Å². The van der Waals surface area contributed by atoms with Gasteiger partial charge < -0.3 is 5.32 Å². The molecule has 2 nitrogen and oxygen atoms in total. The second-order valence-corrected chi connectivity index (χ2v) is 5.93. The first-order valence-corrected chi connectivity index (χ1v) is 7.36. The van der Waals surface area contributed by atoms with Crippen LogP contribution in [0.4, 0.5) is 0 Å². The zero-order chi connectivity index (χ0) is 12.1. The van der Waals surface area contributed by atoms with E-state index in [0.717, 1.165) is 12.8 Å². The fraction of sp³-hybridized carbons (Fsp3) is 0.500. The third-order valence-corrected chi connectivity index (χ3v) is 4.00. The van der Waals surface area contributed by atoms with Gasteiger partial charge in [0.2, 0.25) is 5.91 Å². The van der Waals surface area contributed by atoms with Crippen LogP contribution in [0.2, 0.25) is 0 Å². The Kier molecular flexibility index (Phi) is 4.83. The quantitative estimate of drug-likeness (QED) is 0.837. The topological polar surface area (TPSA) is 29.1 Å². The molecule has 1 amide bonds. The zero-order valence-corrected chi connectivity index (χ0v) is 12.1. The highest BCUT2D eigenvalue weighted by atomic mass is 127. The highest BCUT2D eigenvalue weighted by Crippen LogP contribution is 2.23. The monoisotopic (exact) mass is 343 g/mol. The molecule has 0 bridgehead atoms. The van der Waals surface area contributed by atoms with Crippen molar-refractivity contribution < 1.29 is 4.79 Å². The molecule has 1 aromatic carbocycles. The van der Waals surface area contributed by atoms with Crippen LogP contribution < -0.4 is 5.32 Å². The van der Waals surface area contributed by atoms with Crippen molar-refractivity contribution in [2.45, 2.75) is 38.6 Å². The molecule has 0 spiro atoms. The van der Waals surface area contributed by atoms with Gasteiger partial charge in [0.1, 0.15) is 0 Å². The summed E-state index contributed by atoms with van der Waals surface area (Å²) in [6, 6.07) is 8.27. The lowest BCUT2D eigenvalue weighted by Crippen LogP contribution is -2.31. The van der Waals surface area contributed by atoms with Crippen molar-refractivity contribution in [1.82, 2.24) is 5.32 Å². The van der Waals surface area contributed by atoms with E-state index in [9.17, 15) is 4.79 Å². The zero-order valence-electron chi connectivity index (χ0n) is 9.92. The minimum atomic E-state index is 0.239. The average Bonchev–Trinajstić information content (AvgIpc) is 2.37. The number of halogens is 1. The van der Waals surface area contributed by atoms with E-state index >= 15 is 0 Å². The molecule has 3 heteroatoms. The first-order valence-electron chi connectivity index (χ1n) is 6.28. The van der Waals surface area contributed by atoms with E-state index in [1.165, 1.54) is 28.4 Å². The summed E-state index contributed by atoms with van der Waals surface area (Å²) in [5, 5.41) is 3.05. The number of carbonyl (C=O) groups is 1. The standard InChI is InChI=1S/C14H18INO/c15-13-8-4-5-11(9-13)10-16-14(17)12-6-2-1-3-7-12/h4-5,8-9,12H,1-3,6-7,10H2,(H,16,17). The molecule has 92 valence electrons. The number of hydrogen-bond acceptors (Lipinski definition) is 1. The molecule has 1 aromatic rings. The Morgan fingerprint density at radius 2 is 2.06 bits per heavy atom. The van der Waals surface area contributed by atoms with E-state index in [4.69, 9.17) is 0 Å². The van der Waals surface area contributed by atoms with Gasteiger partial charge in [0.25, 0.3) is 0 Å². The number of carbonyl (C=O) groups excluding carboxylic acids is 1. The molecule has 0 saturated heterocycles. The highest BCUT2D eigenvalue weighted by molar-refractivity contribution is 14.1. The summed E-state index contributed by atoms with van der Waals surface area (Å²) in [6.45, 7) is 0.659. The first kappa shape index (κ1) is 12.9. The lowest BCUT2D eigenvalue weighted by atomic mass is 9.88. The molecule has 0 aliphatic heterocycles. The van der Waals surface area contributed by atoms with Gasteiger partial charge in [0.05, 0.1) is 0 Å². The van der Waals surface area contributed by atoms with Crippen LogP contribution in [0.3, 0.4) is 0 Å². The fourth-order valence-electron chi connectivity index (χ4n) is 2.35. The lowest BCUT2D eigenvalue weighted by Gasteiger charge is -2.20. The summed E-state index contributed by atoms with van der Waals surface area (Å²) in [5.41, 5.74) is 1.18. The number of nitrogens with one attached hydrogen (secondary N) is 1. The SMILES string of the molecule is O=C(NCc1cccc(I)c1)C1CCCCC1. The third-order valence-electron chi connectivity index (χ3n) is 3.33. The molecule has 0 unspecified atom stereocenters. The van der Waals surface area contributed by atoms with Gasteiger partial charge in [-0.05, 0) is 53.1 Å². The molecular formula is C14H18INO. The smallest absolute Gasteiger partial charge is 0.223 e. The van der Waals surface area contributed by atoms with E-state index in [2.05, 4.69) is 46.1 Å². The van der Waals surface area contributed by atoms with Gasteiger partial charge >= 0.3 is 0 Å². The molecule has 1 aliphatic rings. The Balaban J connectivity index is 1.83. The molecule has 1 saturated carbocycles. The summed E-state index contributed by atoms with van der Waals surface area (Å²) >= 11 is 2.29. The predicted molar refractivity (Wildman–Crippen MR) is 77.6 cm³/mol. The number of hydrogen-bond donors (Lipinski definition) is 1. The normalized spacial score (nSPS) is 16.8. The van der Waals surface area contributed by atoms with Gasteiger partial charge in [0, 0.05) is 16.0 Å². The molecule has 0 radical (unpaired) electrons. The Hall–Kier alpha value is -0.580. The molecule has 2 rings (SSSR count). The number of amides is 1. The molecule has 1 N–H and O–H groups in total. The van der Waals surface area contributed by atoms with Crippen molar-refractivity contribution in [2.24, 2.45) is 5.92 Å². The molecular weight excluding hydrogens is 325 g/mol. The van der Waals surface area contributed by atoms with Crippen molar-refractivity contribution >= 4 is 28.5 Å². The largest absolute Gasteiger partial charge is 0.352 e. The van der Waals surface area contributed by atoms with Crippen LogP contribution in [-0.4, -0.2) is 5.91 Å². The average molecular weight is 343 g/mol. The molecule has 0 heterocycles. The molecule has 1 aliphatic carbocycles. The molecule has 0 aromatic heterocycles. The highest BCUT2D eigenvalue weighted by Gasteiger charge is 2.20. The van der Waals surface area contributed by atoms with Gasteiger partial charge in [-0.15, -0.1) is 0 Å². The molecule has 17 heavy (non-hydrogen) atoms. The predicted octanol–water partition coefficient (Wildman–Crippen LogP) is 3.49. The second kappa shape index (κ2) is 6.38. The van der Waals surface area contributed by atoms with E-state index in [-0.39, 0.29) is 11.8 Å². The third kappa shape index (κ3) is 3.98. The summed E-state index contributed by atoms with van der Waals surface area (Å²) in [5.74, 6) is 0.495. The van der Waals surface area contributed by atoms with Crippen molar-refractivity contribution in [3.8, 4) is 0 Å².